The number of thiophene rings is 1. The van der Waals surface area contributed by atoms with Gasteiger partial charge in [-0.1, -0.05) is 37.3 Å². The van der Waals surface area contributed by atoms with Crippen molar-refractivity contribution >= 4 is 37.3 Å². The molecule has 1 aliphatic rings. The summed E-state index contributed by atoms with van der Waals surface area (Å²) in [5.74, 6) is 0.179. The number of hydrogen-bond donors (Lipinski definition) is 0. The molecule has 0 spiro atoms. The lowest BCUT2D eigenvalue weighted by Gasteiger charge is -2.21. The number of carbonyl (C=O) groups excluding carboxylic acids is 1. The van der Waals surface area contributed by atoms with Crippen molar-refractivity contribution in [2.75, 3.05) is 0 Å². The molecule has 0 saturated carbocycles. The maximum absolute atomic E-state index is 13.0. The molecule has 0 atom stereocenters. The molecule has 3 aromatic rings. The van der Waals surface area contributed by atoms with Crippen molar-refractivity contribution in [2.45, 2.75) is 26.7 Å². The Bertz CT molecular complexity index is 1000. The second kappa shape index (κ2) is 5.47. The van der Waals surface area contributed by atoms with Gasteiger partial charge in [-0.3, -0.25) is 4.79 Å². The Labute approximate surface area is 139 Å². The standard InChI is InChI=1S/C21H18OS/c1-3-7-15-13(4-2)10-14-11-20-18(12-17(14)21(15)22)16-8-5-6-9-19(16)23-20/h4-9,11-12H,3,10H2,1-2H3/b13-4-,15-7+. The van der Waals surface area contributed by atoms with Crippen LogP contribution in [0.25, 0.3) is 20.2 Å². The van der Waals surface area contributed by atoms with E-state index in [-0.39, 0.29) is 5.78 Å². The Morgan fingerprint density at radius 2 is 1.96 bits per heavy atom. The van der Waals surface area contributed by atoms with E-state index >= 15 is 0 Å². The summed E-state index contributed by atoms with van der Waals surface area (Å²) in [6, 6.07) is 12.8. The first-order valence-corrected chi connectivity index (χ1v) is 8.89. The minimum atomic E-state index is 0.179. The van der Waals surface area contributed by atoms with E-state index in [1.54, 1.807) is 0 Å². The largest absolute Gasteiger partial charge is 0.289 e. The third kappa shape index (κ3) is 2.17. The summed E-state index contributed by atoms with van der Waals surface area (Å²) in [5, 5.41) is 2.46. The van der Waals surface area contributed by atoms with Crippen LogP contribution in [0.1, 0.15) is 36.2 Å². The number of fused-ring (bicyclic) bond motifs is 4. The fourth-order valence-corrected chi connectivity index (χ4v) is 4.60. The third-order valence-electron chi connectivity index (χ3n) is 4.58. The molecule has 0 fully saturated rings. The summed E-state index contributed by atoms with van der Waals surface area (Å²) >= 11 is 1.81. The third-order valence-corrected chi connectivity index (χ3v) is 5.71. The molecule has 2 aromatic carbocycles. The molecule has 0 N–H and O–H groups in total. The number of allylic oxidation sites excluding steroid dienone is 4. The molecule has 4 rings (SSSR count). The molecule has 0 aliphatic heterocycles. The van der Waals surface area contributed by atoms with Gasteiger partial charge in [-0.15, -0.1) is 11.3 Å². The monoisotopic (exact) mass is 318 g/mol. The minimum absolute atomic E-state index is 0.179. The Morgan fingerprint density at radius 1 is 1.13 bits per heavy atom. The summed E-state index contributed by atoms with van der Waals surface area (Å²) in [6.07, 6.45) is 5.89. The molecular weight excluding hydrogens is 300 g/mol. The molecular formula is C21H18OS. The first-order chi connectivity index (χ1) is 11.2. The molecule has 0 saturated heterocycles. The van der Waals surface area contributed by atoms with Crippen LogP contribution in [0.3, 0.4) is 0 Å². The molecule has 0 amide bonds. The van der Waals surface area contributed by atoms with E-state index in [9.17, 15) is 4.79 Å². The molecule has 0 radical (unpaired) electrons. The van der Waals surface area contributed by atoms with Gasteiger partial charge < -0.3 is 0 Å². The number of Topliss-reactive ketones (excluding diaryl/α,β-unsaturated/α-hetero) is 1. The molecule has 1 nitrogen and oxygen atoms in total. The van der Waals surface area contributed by atoms with E-state index in [1.165, 1.54) is 20.2 Å². The van der Waals surface area contributed by atoms with Crippen LogP contribution in [0.2, 0.25) is 0 Å². The highest BCUT2D eigenvalue weighted by molar-refractivity contribution is 7.25. The van der Waals surface area contributed by atoms with Crippen molar-refractivity contribution in [3.05, 3.63) is 70.8 Å². The first kappa shape index (κ1) is 14.4. The molecule has 2 heteroatoms. The number of rotatable bonds is 1. The summed E-state index contributed by atoms with van der Waals surface area (Å²) < 4.78 is 2.56. The van der Waals surface area contributed by atoms with Gasteiger partial charge in [0.25, 0.3) is 0 Å². The number of ketones is 1. The van der Waals surface area contributed by atoms with E-state index in [4.69, 9.17) is 0 Å². The molecule has 1 aromatic heterocycles. The van der Waals surface area contributed by atoms with E-state index in [0.29, 0.717) is 0 Å². The summed E-state index contributed by atoms with van der Waals surface area (Å²) in [6.45, 7) is 4.10. The van der Waals surface area contributed by atoms with Crippen molar-refractivity contribution in [1.82, 2.24) is 0 Å². The maximum atomic E-state index is 13.0. The SMILES string of the molecule is C/C=C1/Cc2cc3sc4ccccc4c3cc2C(=O)/C1=C/CC. The van der Waals surface area contributed by atoms with Crippen LogP contribution in [-0.4, -0.2) is 5.78 Å². The van der Waals surface area contributed by atoms with Gasteiger partial charge in [0.2, 0.25) is 0 Å². The smallest absolute Gasteiger partial charge is 0.193 e. The zero-order valence-electron chi connectivity index (χ0n) is 13.3. The van der Waals surface area contributed by atoms with Gasteiger partial charge in [0.1, 0.15) is 0 Å². The predicted octanol–water partition coefficient (Wildman–Crippen LogP) is 6.08. The fraction of sp³-hybridized carbons (Fsp3) is 0.190. The number of hydrogen-bond acceptors (Lipinski definition) is 2. The zero-order valence-corrected chi connectivity index (χ0v) is 14.2. The average Bonchev–Trinajstić information content (AvgIpc) is 2.93. The topological polar surface area (TPSA) is 17.1 Å². The van der Waals surface area contributed by atoms with Crippen LogP contribution in [0.4, 0.5) is 0 Å². The Kier molecular flexibility index (Phi) is 3.42. The zero-order chi connectivity index (χ0) is 16.0. The molecule has 0 unspecified atom stereocenters. The lowest BCUT2D eigenvalue weighted by molar-refractivity contribution is 0.103. The van der Waals surface area contributed by atoms with E-state index in [0.717, 1.165) is 35.1 Å². The first-order valence-electron chi connectivity index (χ1n) is 8.07. The average molecular weight is 318 g/mol. The van der Waals surface area contributed by atoms with Crippen LogP contribution in [-0.2, 0) is 6.42 Å². The van der Waals surface area contributed by atoms with Gasteiger partial charge >= 0.3 is 0 Å². The highest BCUT2D eigenvalue weighted by Gasteiger charge is 2.26. The van der Waals surface area contributed by atoms with Crippen molar-refractivity contribution < 1.29 is 4.79 Å². The van der Waals surface area contributed by atoms with E-state index in [1.807, 2.05) is 18.3 Å². The summed E-state index contributed by atoms with van der Waals surface area (Å²) in [7, 11) is 0. The van der Waals surface area contributed by atoms with Gasteiger partial charge in [0, 0.05) is 31.3 Å². The number of benzene rings is 2. The van der Waals surface area contributed by atoms with Crippen molar-refractivity contribution in [1.29, 1.82) is 0 Å². The van der Waals surface area contributed by atoms with Crippen LogP contribution >= 0.6 is 11.3 Å². The molecule has 23 heavy (non-hydrogen) atoms. The molecule has 1 heterocycles. The second-order valence-electron chi connectivity index (χ2n) is 5.95. The second-order valence-corrected chi connectivity index (χ2v) is 7.03. The fourth-order valence-electron chi connectivity index (χ4n) is 3.45. The van der Waals surface area contributed by atoms with Crippen LogP contribution in [0.5, 0.6) is 0 Å². The van der Waals surface area contributed by atoms with Crippen LogP contribution in [0.15, 0.2) is 59.7 Å². The van der Waals surface area contributed by atoms with Crippen molar-refractivity contribution in [3.63, 3.8) is 0 Å². The van der Waals surface area contributed by atoms with Gasteiger partial charge in [-0.2, -0.15) is 0 Å². The van der Waals surface area contributed by atoms with Crippen LogP contribution < -0.4 is 0 Å². The molecule has 0 bridgehead atoms. The quantitative estimate of drug-likeness (QED) is 0.497. The van der Waals surface area contributed by atoms with E-state index in [2.05, 4.69) is 55.5 Å². The molecule has 114 valence electrons. The minimum Gasteiger partial charge on any atom is -0.289 e. The van der Waals surface area contributed by atoms with Crippen molar-refractivity contribution in [2.24, 2.45) is 0 Å². The summed E-state index contributed by atoms with van der Waals surface area (Å²) in [5.41, 5.74) is 4.09. The van der Waals surface area contributed by atoms with Gasteiger partial charge in [-0.25, -0.2) is 0 Å². The van der Waals surface area contributed by atoms with Crippen molar-refractivity contribution in [3.8, 4) is 0 Å². The normalized spacial score (nSPS) is 18.3. The Hall–Kier alpha value is -2.19. The highest BCUT2D eigenvalue weighted by Crippen LogP contribution is 2.39. The Morgan fingerprint density at radius 3 is 2.74 bits per heavy atom. The molecule has 1 aliphatic carbocycles. The maximum Gasteiger partial charge on any atom is 0.193 e. The number of carbonyl (C=O) groups is 1. The van der Waals surface area contributed by atoms with Gasteiger partial charge in [-0.05, 0) is 49.1 Å². The summed E-state index contributed by atoms with van der Waals surface area (Å²) in [4.78, 5) is 13.0. The van der Waals surface area contributed by atoms with Gasteiger partial charge in [0.15, 0.2) is 5.78 Å². The van der Waals surface area contributed by atoms with Crippen LogP contribution in [0, 0.1) is 0 Å². The lowest BCUT2D eigenvalue weighted by atomic mass is 9.82. The van der Waals surface area contributed by atoms with Gasteiger partial charge in [0.05, 0.1) is 0 Å². The van der Waals surface area contributed by atoms with E-state index < -0.39 is 0 Å². The highest BCUT2D eigenvalue weighted by atomic mass is 32.1. The predicted molar refractivity (Wildman–Crippen MR) is 99.5 cm³/mol. The Balaban J connectivity index is 2.01. The lowest BCUT2D eigenvalue weighted by Crippen LogP contribution is -2.16.